The summed E-state index contributed by atoms with van der Waals surface area (Å²) in [7, 11) is 1.33. The van der Waals surface area contributed by atoms with Crippen LogP contribution in [0.25, 0.3) is 0 Å². The van der Waals surface area contributed by atoms with Crippen molar-refractivity contribution in [2.24, 2.45) is 0 Å². The van der Waals surface area contributed by atoms with Crippen molar-refractivity contribution in [3.05, 3.63) is 58.9 Å². The lowest BCUT2D eigenvalue weighted by Gasteiger charge is -2.29. The highest BCUT2D eigenvalue weighted by atomic mass is 32.1. The van der Waals surface area contributed by atoms with E-state index in [0.717, 1.165) is 23.1 Å². The van der Waals surface area contributed by atoms with Crippen molar-refractivity contribution in [1.82, 2.24) is 10.2 Å². The molecule has 2 aromatic rings. The van der Waals surface area contributed by atoms with Gasteiger partial charge in [-0.25, -0.2) is 4.39 Å². The van der Waals surface area contributed by atoms with Gasteiger partial charge in [-0.2, -0.15) is 27.2 Å². The molecule has 37 heavy (non-hydrogen) atoms. The summed E-state index contributed by atoms with van der Waals surface area (Å²) in [5, 5.41) is 11.0. The molecule has 0 unspecified atom stereocenters. The third-order valence-electron chi connectivity index (χ3n) is 5.67. The molecule has 0 spiro atoms. The molecular formula is C23H18F6N4O3S. The molecule has 0 aliphatic carbocycles. The quantitative estimate of drug-likeness (QED) is 0.427. The second-order valence-corrected chi connectivity index (χ2v) is 8.68. The molecular weight excluding hydrogens is 526 g/mol. The number of nitrogens with one attached hydrogen (secondary N) is 1. The standard InChI is InChI=1S/C23H18F6N4O3S/c1-21(2)19(35)33(13-5-4-12(10-30)16(8-13)22(25,26)23(27,28)29)20(37)32(21)11-36-14-6-7-15(17(24)9-14)18(34)31-3/h4-9H,11H2,1-3H3,(H,31,34). The summed E-state index contributed by atoms with van der Waals surface area (Å²) < 4.78 is 87.1. The molecule has 0 aromatic heterocycles. The zero-order chi connectivity index (χ0) is 27.9. The number of carbonyl (C=O) groups is 2. The molecule has 2 aromatic carbocycles. The van der Waals surface area contributed by atoms with Crippen LogP contribution < -0.4 is 15.0 Å². The van der Waals surface area contributed by atoms with Crippen LogP contribution in [0.1, 0.15) is 35.3 Å². The highest BCUT2D eigenvalue weighted by Gasteiger charge is 2.60. The summed E-state index contributed by atoms with van der Waals surface area (Å²) in [5.74, 6) is -7.71. The van der Waals surface area contributed by atoms with E-state index in [1.807, 2.05) is 0 Å². The average molecular weight is 544 g/mol. The number of ether oxygens (including phenoxy) is 1. The van der Waals surface area contributed by atoms with Gasteiger partial charge in [0.15, 0.2) is 11.8 Å². The number of benzene rings is 2. The average Bonchev–Trinajstić information content (AvgIpc) is 2.99. The fourth-order valence-electron chi connectivity index (χ4n) is 3.50. The molecule has 0 radical (unpaired) electrons. The van der Waals surface area contributed by atoms with Crippen LogP contribution in [0.15, 0.2) is 36.4 Å². The number of anilines is 1. The van der Waals surface area contributed by atoms with E-state index in [1.54, 1.807) is 0 Å². The van der Waals surface area contributed by atoms with Crippen LogP contribution in [-0.2, 0) is 10.7 Å². The summed E-state index contributed by atoms with van der Waals surface area (Å²) in [6, 6.07) is 6.85. The molecule has 1 aliphatic heterocycles. The minimum Gasteiger partial charge on any atom is -0.473 e. The van der Waals surface area contributed by atoms with E-state index in [-0.39, 0.29) is 16.4 Å². The van der Waals surface area contributed by atoms with Crippen molar-refractivity contribution in [2.75, 3.05) is 18.7 Å². The first-order chi connectivity index (χ1) is 17.1. The Balaban J connectivity index is 1.93. The van der Waals surface area contributed by atoms with Crippen LogP contribution in [0.3, 0.4) is 0 Å². The van der Waals surface area contributed by atoms with Gasteiger partial charge in [-0.3, -0.25) is 14.5 Å². The lowest BCUT2D eigenvalue weighted by atomic mass is 10.00. The molecule has 1 fully saturated rings. The van der Waals surface area contributed by atoms with Crippen LogP contribution in [0.2, 0.25) is 0 Å². The molecule has 1 saturated heterocycles. The molecule has 14 heteroatoms. The van der Waals surface area contributed by atoms with Gasteiger partial charge in [-0.1, -0.05) is 0 Å². The van der Waals surface area contributed by atoms with Crippen LogP contribution in [0, 0.1) is 17.1 Å². The Morgan fingerprint density at radius 3 is 2.35 bits per heavy atom. The Kier molecular flexibility index (Phi) is 7.15. The fourth-order valence-corrected chi connectivity index (χ4v) is 3.97. The molecule has 0 bridgehead atoms. The number of alkyl halides is 5. The van der Waals surface area contributed by atoms with E-state index < -0.39 is 58.8 Å². The lowest BCUT2D eigenvalue weighted by molar-refractivity contribution is -0.289. The highest BCUT2D eigenvalue weighted by Crippen LogP contribution is 2.46. The van der Waals surface area contributed by atoms with Gasteiger partial charge in [0.1, 0.15) is 17.1 Å². The Hall–Kier alpha value is -3.86. The normalized spacial score (nSPS) is 15.6. The van der Waals surface area contributed by atoms with Crippen LogP contribution >= 0.6 is 12.2 Å². The number of hydrogen-bond donors (Lipinski definition) is 1. The number of halogens is 6. The minimum absolute atomic E-state index is 0.0277. The third-order valence-corrected chi connectivity index (χ3v) is 6.08. The fraction of sp³-hybridized carbons (Fsp3) is 0.304. The molecule has 0 atom stereocenters. The van der Waals surface area contributed by atoms with Gasteiger partial charge in [0, 0.05) is 13.1 Å². The van der Waals surface area contributed by atoms with Crippen LogP contribution in [0.5, 0.6) is 5.75 Å². The monoisotopic (exact) mass is 544 g/mol. The Bertz CT molecular complexity index is 1320. The van der Waals surface area contributed by atoms with Crippen molar-refractivity contribution in [3.63, 3.8) is 0 Å². The van der Waals surface area contributed by atoms with Crippen molar-refractivity contribution >= 4 is 34.8 Å². The van der Waals surface area contributed by atoms with Gasteiger partial charge in [0.2, 0.25) is 0 Å². The predicted octanol–water partition coefficient (Wildman–Crippen LogP) is 4.46. The van der Waals surface area contributed by atoms with Crippen molar-refractivity contribution < 1.29 is 40.7 Å². The first-order valence-corrected chi connectivity index (χ1v) is 10.8. The predicted molar refractivity (Wildman–Crippen MR) is 122 cm³/mol. The summed E-state index contributed by atoms with van der Waals surface area (Å²) in [4.78, 5) is 26.8. The maximum Gasteiger partial charge on any atom is 0.458 e. The molecule has 3 rings (SSSR count). The van der Waals surface area contributed by atoms with Crippen molar-refractivity contribution in [3.8, 4) is 11.8 Å². The molecule has 2 amide bonds. The van der Waals surface area contributed by atoms with E-state index in [1.165, 1.54) is 44.0 Å². The topological polar surface area (TPSA) is 85.7 Å². The van der Waals surface area contributed by atoms with Crippen LogP contribution in [-0.4, -0.2) is 47.3 Å². The largest absolute Gasteiger partial charge is 0.473 e. The maximum atomic E-state index is 14.2. The molecule has 7 nitrogen and oxygen atoms in total. The second kappa shape index (κ2) is 9.55. The Morgan fingerprint density at radius 2 is 1.81 bits per heavy atom. The summed E-state index contributed by atoms with van der Waals surface area (Å²) in [6.07, 6.45) is -5.99. The molecule has 1 aliphatic rings. The molecule has 0 saturated carbocycles. The van der Waals surface area contributed by atoms with Crippen molar-refractivity contribution in [2.45, 2.75) is 31.5 Å². The number of carbonyl (C=O) groups excluding carboxylic acids is 2. The highest BCUT2D eigenvalue weighted by molar-refractivity contribution is 7.80. The molecule has 196 valence electrons. The number of rotatable bonds is 6. The summed E-state index contributed by atoms with van der Waals surface area (Å²) >= 11 is 5.30. The zero-order valence-corrected chi connectivity index (χ0v) is 20.2. The number of thiocarbonyl (C=S) groups is 1. The van der Waals surface area contributed by atoms with Crippen LogP contribution in [0.4, 0.5) is 32.0 Å². The summed E-state index contributed by atoms with van der Waals surface area (Å²) in [6.45, 7) is 2.39. The van der Waals surface area contributed by atoms with Gasteiger partial charge < -0.3 is 15.0 Å². The van der Waals surface area contributed by atoms with E-state index in [4.69, 9.17) is 22.2 Å². The second-order valence-electron chi connectivity index (χ2n) is 8.32. The lowest BCUT2D eigenvalue weighted by Crippen LogP contribution is -2.46. The SMILES string of the molecule is CNC(=O)c1ccc(OCN2C(=S)N(c3ccc(C#N)c(C(F)(F)C(F)(F)F)c3)C(=O)C2(C)C)cc1F. The summed E-state index contributed by atoms with van der Waals surface area (Å²) in [5.41, 5.74) is -4.65. The van der Waals surface area contributed by atoms with Gasteiger partial charge >= 0.3 is 12.1 Å². The van der Waals surface area contributed by atoms with Gasteiger partial charge in [-0.05, 0) is 56.4 Å². The molecule has 1 N–H and O–H groups in total. The van der Waals surface area contributed by atoms with Crippen molar-refractivity contribution in [1.29, 1.82) is 5.26 Å². The smallest absolute Gasteiger partial charge is 0.458 e. The van der Waals surface area contributed by atoms with E-state index in [0.29, 0.717) is 6.07 Å². The maximum absolute atomic E-state index is 14.2. The van der Waals surface area contributed by atoms with E-state index in [2.05, 4.69) is 5.32 Å². The van der Waals surface area contributed by atoms with Gasteiger partial charge in [0.05, 0.1) is 28.4 Å². The van der Waals surface area contributed by atoms with Gasteiger partial charge in [0.25, 0.3) is 11.8 Å². The number of hydrogen-bond acceptors (Lipinski definition) is 5. The number of nitriles is 1. The number of nitrogens with zero attached hydrogens (tertiary/aromatic N) is 3. The van der Waals surface area contributed by atoms with E-state index in [9.17, 15) is 35.9 Å². The van der Waals surface area contributed by atoms with Gasteiger partial charge in [-0.15, -0.1) is 0 Å². The first-order valence-electron chi connectivity index (χ1n) is 10.4. The minimum atomic E-state index is -5.99. The third kappa shape index (κ3) is 4.78. The zero-order valence-electron chi connectivity index (χ0n) is 19.4. The first kappa shape index (κ1) is 27.7. The van der Waals surface area contributed by atoms with E-state index >= 15 is 0 Å². The molecule has 1 heterocycles. The number of amides is 2. The Morgan fingerprint density at radius 1 is 1.16 bits per heavy atom. The Labute approximate surface area is 212 Å².